The fourth-order valence-electron chi connectivity index (χ4n) is 2.28. The van der Waals surface area contributed by atoms with Crippen molar-refractivity contribution >= 4 is 5.95 Å². The molecule has 0 amide bonds. The van der Waals surface area contributed by atoms with Crippen LogP contribution in [-0.2, 0) is 6.54 Å². The van der Waals surface area contributed by atoms with E-state index in [4.69, 9.17) is 0 Å². The summed E-state index contributed by atoms with van der Waals surface area (Å²) in [5, 5.41) is 3.09. The van der Waals surface area contributed by atoms with Gasteiger partial charge in [0.2, 0.25) is 5.95 Å². The first-order chi connectivity index (χ1) is 7.81. The number of rotatable bonds is 4. The summed E-state index contributed by atoms with van der Waals surface area (Å²) in [4.78, 5) is 11.1. The fourth-order valence-corrected chi connectivity index (χ4v) is 2.28. The van der Waals surface area contributed by atoms with Gasteiger partial charge in [-0.25, -0.2) is 9.97 Å². The molecule has 0 atom stereocenters. The predicted octanol–water partition coefficient (Wildman–Crippen LogP) is 1.57. The maximum Gasteiger partial charge on any atom is 0.225 e. The summed E-state index contributed by atoms with van der Waals surface area (Å²) >= 11 is 0. The fraction of sp³-hybridized carbons (Fsp3) is 0.667. The van der Waals surface area contributed by atoms with Crippen LogP contribution in [0.25, 0.3) is 0 Å². The Morgan fingerprint density at radius 1 is 1.31 bits per heavy atom. The van der Waals surface area contributed by atoms with Crippen LogP contribution in [0.4, 0.5) is 5.95 Å². The molecule has 2 rings (SSSR count). The van der Waals surface area contributed by atoms with E-state index in [9.17, 15) is 0 Å². The van der Waals surface area contributed by atoms with E-state index >= 15 is 0 Å². The first-order valence-corrected chi connectivity index (χ1v) is 5.99. The lowest BCUT2D eigenvalue weighted by molar-refractivity contribution is 0.637. The number of hydrogen-bond donors (Lipinski definition) is 1. The Bertz CT molecular complexity index is 316. The molecule has 0 bridgehead atoms. The van der Waals surface area contributed by atoms with Crippen LogP contribution in [0.1, 0.15) is 31.2 Å². The van der Waals surface area contributed by atoms with Crippen LogP contribution in [0.5, 0.6) is 0 Å². The third kappa shape index (κ3) is 2.50. The number of nitrogens with one attached hydrogen (secondary N) is 1. The molecule has 1 saturated carbocycles. The minimum Gasteiger partial charge on any atom is -0.341 e. The minimum absolute atomic E-state index is 0.634. The number of anilines is 1. The normalized spacial score (nSPS) is 16.6. The summed E-state index contributed by atoms with van der Waals surface area (Å²) in [6, 6.07) is 0.634. The minimum atomic E-state index is 0.634. The lowest BCUT2D eigenvalue weighted by Gasteiger charge is -2.24. The molecule has 16 heavy (non-hydrogen) atoms. The van der Waals surface area contributed by atoms with E-state index in [2.05, 4.69) is 27.2 Å². The van der Waals surface area contributed by atoms with Crippen molar-refractivity contribution in [1.82, 2.24) is 15.3 Å². The summed E-state index contributed by atoms with van der Waals surface area (Å²) in [6.45, 7) is 0.827. The molecular formula is C12H20N4. The van der Waals surface area contributed by atoms with Gasteiger partial charge in [0.15, 0.2) is 0 Å². The van der Waals surface area contributed by atoms with Crippen molar-refractivity contribution in [2.75, 3.05) is 19.0 Å². The SMILES string of the molecule is CNCc1cnc(N(C)C2CCCC2)nc1. The van der Waals surface area contributed by atoms with Crippen LogP contribution in [-0.4, -0.2) is 30.1 Å². The van der Waals surface area contributed by atoms with E-state index in [0.29, 0.717) is 6.04 Å². The zero-order valence-electron chi connectivity index (χ0n) is 10.1. The van der Waals surface area contributed by atoms with Crippen LogP contribution in [0.2, 0.25) is 0 Å². The van der Waals surface area contributed by atoms with Gasteiger partial charge in [0.05, 0.1) is 0 Å². The van der Waals surface area contributed by atoms with Crippen molar-refractivity contribution in [2.24, 2.45) is 0 Å². The van der Waals surface area contributed by atoms with Gasteiger partial charge >= 0.3 is 0 Å². The number of nitrogens with zero attached hydrogens (tertiary/aromatic N) is 3. The highest BCUT2D eigenvalue weighted by Crippen LogP contribution is 2.24. The van der Waals surface area contributed by atoms with Crippen molar-refractivity contribution in [3.63, 3.8) is 0 Å². The second-order valence-electron chi connectivity index (χ2n) is 4.47. The molecular weight excluding hydrogens is 200 g/mol. The monoisotopic (exact) mass is 220 g/mol. The molecule has 1 aliphatic carbocycles. The molecule has 4 heteroatoms. The van der Waals surface area contributed by atoms with Gasteiger partial charge < -0.3 is 10.2 Å². The molecule has 0 saturated heterocycles. The summed E-state index contributed by atoms with van der Waals surface area (Å²) in [5.41, 5.74) is 1.13. The van der Waals surface area contributed by atoms with E-state index in [-0.39, 0.29) is 0 Å². The van der Waals surface area contributed by atoms with Gasteiger partial charge in [-0.05, 0) is 19.9 Å². The standard InChI is InChI=1S/C12H20N4/c1-13-7-10-8-14-12(15-9-10)16(2)11-5-3-4-6-11/h8-9,11,13H,3-7H2,1-2H3. The van der Waals surface area contributed by atoms with E-state index < -0.39 is 0 Å². The molecule has 0 aliphatic heterocycles. The first kappa shape index (κ1) is 11.3. The second kappa shape index (κ2) is 5.25. The van der Waals surface area contributed by atoms with E-state index in [1.165, 1.54) is 25.7 Å². The Morgan fingerprint density at radius 3 is 2.50 bits per heavy atom. The maximum absolute atomic E-state index is 4.42. The van der Waals surface area contributed by atoms with Gasteiger partial charge in [-0.3, -0.25) is 0 Å². The van der Waals surface area contributed by atoms with Crippen LogP contribution in [0.3, 0.4) is 0 Å². The number of aromatic nitrogens is 2. The first-order valence-electron chi connectivity index (χ1n) is 5.99. The largest absolute Gasteiger partial charge is 0.341 e. The van der Waals surface area contributed by atoms with Crippen molar-refractivity contribution in [3.8, 4) is 0 Å². The van der Waals surface area contributed by atoms with Gasteiger partial charge in [-0.2, -0.15) is 0 Å². The van der Waals surface area contributed by atoms with Gasteiger partial charge in [-0.15, -0.1) is 0 Å². The average Bonchev–Trinajstić information content (AvgIpc) is 2.83. The third-order valence-electron chi connectivity index (χ3n) is 3.26. The lowest BCUT2D eigenvalue weighted by atomic mass is 10.2. The van der Waals surface area contributed by atoms with Crippen LogP contribution < -0.4 is 10.2 Å². The zero-order valence-corrected chi connectivity index (χ0v) is 10.1. The molecule has 1 N–H and O–H groups in total. The van der Waals surface area contributed by atoms with Gasteiger partial charge in [0.25, 0.3) is 0 Å². The Morgan fingerprint density at radius 2 is 1.94 bits per heavy atom. The smallest absolute Gasteiger partial charge is 0.225 e. The highest BCUT2D eigenvalue weighted by Gasteiger charge is 2.21. The molecule has 1 aromatic rings. The highest BCUT2D eigenvalue weighted by atomic mass is 15.2. The molecule has 0 spiro atoms. The summed E-state index contributed by atoms with van der Waals surface area (Å²) < 4.78 is 0. The highest BCUT2D eigenvalue weighted by molar-refractivity contribution is 5.30. The molecule has 88 valence electrons. The van der Waals surface area contributed by atoms with Crippen molar-refractivity contribution < 1.29 is 0 Å². The topological polar surface area (TPSA) is 41.1 Å². The van der Waals surface area contributed by atoms with Crippen molar-refractivity contribution in [1.29, 1.82) is 0 Å². The van der Waals surface area contributed by atoms with Crippen molar-refractivity contribution in [3.05, 3.63) is 18.0 Å². The summed E-state index contributed by atoms with van der Waals surface area (Å²) in [6.07, 6.45) is 9.05. The Balaban J connectivity index is 2.02. The maximum atomic E-state index is 4.42. The van der Waals surface area contributed by atoms with E-state index in [1.807, 2.05) is 19.4 Å². The molecule has 0 unspecified atom stereocenters. The van der Waals surface area contributed by atoms with Crippen LogP contribution in [0, 0.1) is 0 Å². The van der Waals surface area contributed by atoms with Crippen LogP contribution in [0.15, 0.2) is 12.4 Å². The molecule has 4 nitrogen and oxygen atoms in total. The van der Waals surface area contributed by atoms with E-state index in [0.717, 1.165) is 18.1 Å². The third-order valence-corrected chi connectivity index (χ3v) is 3.26. The zero-order chi connectivity index (χ0) is 11.4. The lowest BCUT2D eigenvalue weighted by Crippen LogP contribution is -2.30. The van der Waals surface area contributed by atoms with Gasteiger partial charge in [-0.1, -0.05) is 12.8 Å². The molecule has 1 fully saturated rings. The second-order valence-corrected chi connectivity index (χ2v) is 4.47. The molecule has 1 heterocycles. The quantitative estimate of drug-likeness (QED) is 0.836. The van der Waals surface area contributed by atoms with Crippen molar-refractivity contribution in [2.45, 2.75) is 38.3 Å². The van der Waals surface area contributed by atoms with Crippen LogP contribution >= 0.6 is 0 Å². The summed E-state index contributed by atoms with van der Waals surface area (Å²) in [5.74, 6) is 0.853. The number of hydrogen-bond acceptors (Lipinski definition) is 4. The summed E-state index contributed by atoms with van der Waals surface area (Å²) in [7, 11) is 4.03. The molecule has 0 aromatic carbocycles. The Labute approximate surface area is 97.1 Å². The Kier molecular flexibility index (Phi) is 3.72. The predicted molar refractivity (Wildman–Crippen MR) is 65.5 cm³/mol. The van der Waals surface area contributed by atoms with Gasteiger partial charge in [0.1, 0.15) is 0 Å². The van der Waals surface area contributed by atoms with E-state index in [1.54, 1.807) is 0 Å². The average molecular weight is 220 g/mol. The molecule has 0 radical (unpaired) electrons. The Hall–Kier alpha value is -1.16. The molecule has 1 aliphatic rings. The molecule has 1 aromatic heterocycles. The van der Waals surface area contributed by atoms with Gasteiger partial charge in [0, 0.05) is 37.6 Å².